The van der Waals surface area contributed by atoms with Crippen molar-refractivity contribution in [2.45, 2.75) is 39.0 Å². The largest absolute Gasteiger partial charge is 0.330 e. The Kier molecular flexibility index (Phi) is 3.13. The monoisotopic (exact) mass is 196 g/mol. The second-order valence-corrected chi connectivity index (χ2v) is 5.57. The number of nitrogens with zero attached hydrogens (tertiary/aromatic N) is 1. The smallest absolute Gasteiger partial charge is 0.00506 e. The summed E-state index contributed by atoms with van der Waals surface area (Å²) < 4.78 is 0. The van der Waals surface area contributed by atoms with Crippen molar-refractivity contribution in [3.63, 3.8) is 0 Å². The van der Waals surface area contributed by atoms with Gasteiger partial charge in [0.05, 0.1) is 0 Å². The predicted molar refractivity (Wildman–Crippen MR) is 60.2 cm³/mol. The van der Waals surface area contributed by atoms with E-state index in [1.807, 2.05) is 0 Å². The number of hydrogen-bond donors (Lipinski definition) is 1. The lowest BCUT2D eigenvalue weighted by Crippen LogP contribution is -2.58. The molecule has 1 atom stereocenters. The van der Waals surface area contributed by atoms with Gasteiger partial charge in [-0.2, -0.15) is 0 Å². The van der Waals surface area contributed by atoms with Crippen LogP contribution in [0.15, 0.2) is 0 Å². The Morgan fingerprint density at radius 1 is 1.21 bits per heavy atom. The molecule has 14 heavy (non-hydrogen) atoms. The fourth-order valence-electron chi connectivity index (χ4n) is 3.16. The fourth-order valence-corrected chi connectivity index (χ4v) is 3.16. The highest BCUT2D eigenvalue weighted by Crippen LogP contribution is 2.43. The van der Waals surface area contributed by atoms with Crippen LogP contribution in [-0.4, -0.2) is 31.1 Å². The minimum atomic E-state index is 0.677. The predicted octanol–water partition coefficient (Wildman–Crippen LogP) is 1.85. The van der Waals surface area contributed by atoms with Crippen LogP contribution < -0.4 is 5.73 Å². The molecule has 1 unspecified atom stereocenters. The van der Waals surface area contributed by atoms with E-state index in [1.165, 1.54) is 51.7 Å². The first kappa shape index (κ1) is 10.4. The van der Waals surface area contributed by atoms with E-state index in [0.717, 1.165) is 12.0 Å². The van der Waals surface area contributed by atoms with Crippen LogP contribution in [0.4, 0.5) is 0 Å². The highest BCUT2D eigenvalue weighted by Gasteiger charge is 2.42. The summed E-state index contributed by atoms with van der Waals surface area (Å²) in [5.74, 6) is 0.677. The van der Waals surface area contributed by atoms with E-state index in [1.54, 1.807) is 0 Å². The Balaban J connectivity index is 1.72. The summed E-state index contributed by atoms with van der Waals surface area (Å²) in [6.07, 6.45) is 7.39. The second kappa shape index (κ2) is 4.19. The first-order valence-electron chi connectivity index (χ1n) is 6.16. The lowest BCUT2D eigenvalue weighted by atomic mass is 9.68. The average molecular weight is 196 g/mol. The topological polar surface area (TPSA) is 29.3 Å². The summed E-state index contributed by atoms with van der Waals surface area (Å²) >= 11 is 0. The van der Waals surface area contributed by atoms with E-state index in [4.69, 9.17) is 5.73 Å². The van der Waals surface area contributed by atoms with Gasteiger partial charge in [-0.1, -0.05) is 26.2 Å². The fraction of sp³-hybridized carbons (Fsp3) is 1.00. The molecule has 1 aliphatic heterocycles. The van der Waals surface area contributed by atoms with Gasteiger partial charge in [0, 0.05) is 19.6 Å². The molecule has 1 saturated carbocycles. The second-order valence-electron chi connectivity index (χ2n) is 5.57. The van der Waals surface area contributed by atoms with Crippen molar-refractivity contribution in [3.05, 3.63) is 0 Å². The minimum Gasteiger partial charge on any atom is -0.330 e. The molecule has 2 heteroatoms. The molecular weight excluding hydrogens is 172 g/mol. The minimum absolute atomic E-state index is 0.677. The van der Waals surface area contributed by atoms with Gasteiger partial charge in [-0.05, 0) is 30.7 Å². The number of hydrogen-bond acceptors (Lipinski definition) is 2. The van der Waals surface area contributed by atoms with Crippen molar-refractivity contribution in [3.8, 4) is 0 Å². The van der Waals surface area contributed by atoms with Gasteiger partial charge in [-0.15, -0.1) is 0 Å². The van der Waals surface area contributed by atoms with Gasteiger partial charge in [0.1, 0.15) is 0 Å². The zero-order chi connectivity index (χ0) is 10.0. The lowest BCUT2D eigenvalue weighted by Gasteiger charge is -2.53. The molecular formula is C12H24N2. The molecule has 0 aromatic carbocycles. The first-order valence-corrected chi connectivity index (χ1v) is 6.16. The molecule has 0 bridgehead atoms. The molecule has 2 nitrogen and oxygen atoms in total. The summed E-state index contributed by atoms with van der Waals surface area (Å²) in [6, 6.07) is 0. The number of rotatable bonds is 3. The van der Waals surface area contributed by atoms with Crippen molar-refractivity contribution in [2.75, 3.05) is 26.2 Å². The maximum atomic E-state index is 5.64. The van der Waals surface area contributed by atoms with Gasteiger partial charge in [0.25, 0.3) is 0 Å². The molecule has 2 fully saturated rings. The zero-order valence-electron chi connectivity index (χ0n) is 9.47. The van der Waals surface area contributed by atoms with E-state index in [2.05, 4.69) is 11.8 Å². The third-order valence-electron chi connectivity index (χ3n) is 4.00. The van der Waals surface area contributed by atoms with Crippen LogP contribution >= 0.6 is 0 Å². The number of nitrogens with two attached hydrogens (primary N) is 1. The highest BCUT2D eigenvalue weighted by molar-refractivity contribution is 4.96. The Labute approximate surface area is 87.8 Å². The number of likely N-dealkylation sites (tertiary alicyclic amines) is 1. The summed E-state index contributed by atoms with van der Waals surface area (Å²) in [5, 5.41) is 0. The first-order chi connectivity index (χ1) is 6.74. The molecule has 2 aliphatic rings. The van der Waals surface area contributed by atoms with Crippen molar-refractivity contribution < 1.29 is 0 Å². The van der Waals surface area contributed by atoms with Gasteiger partial charge in [-0.3, -0.25) is 0 Å². The molecule has 2 N–H and O–H groups in total. The Morgan fingerprint density at radius 3 is 2.43 bits per heavy atom. The van der Waals surface area contributed by atoms with Crippen LogP contribution in [0, 0.1) is 11.3 Å². The van der Waals surface area contributed by atoms with Gasteiger partial charge < -0.3 is 10.6 Å². The zero-order valence-corrected chi connectivity index (χ0v) is 9.47. The highest BCUT2D eigenvalue weighted by atomic mass is 15.2. The van der Waals surface area contributed by atoms with E-state index in [9.17, 15) is 0 Å². The molecule has 1 heterocycles. The van der Waals surface area contributed by atoms with Crippen molar-refractivity contribution >= 4 is 0 Å². The summed E-state index contributed by atoms with van der Waals surface area (Å²) in [7, 11) is 0. The maximum Gasteiger partial charge on any atom is 0.00506 e. The molecule has 0 radical (unpaired) electrons. The quantitative estimate of drug-likeness (QED) is 0.746. The molecule has 0 aromatic rings. The van der Waals surface area contributed by atoms with E-state index in [-0.39, 0.29) is 0 Å². The van der Waals surface area contributed by atoms with Crippen molar-refractivity contribution in [1.82, 2.24) is 4.90 Å². The van der Waals surface area contributed by atoms with Crippen molar-refractivity contribution in [1.29, 1.82) is 0 Å². The lowest BCUT2D eigenvalue weighted by molar-refractivity contribution is -0.0343. The van der Waals surface area contributed by atoms with Crippen LogP contribution in [0.3, 0.4) is 0 Å². The third kappa shape index (κ3) is 2.12. The third-order valence-corrected chi connectivity index (χ3v) is 4.00. The molecule has 1 spiro atoms. The molecule has 2 rings (SSSR count). The molecule has 0 aromatic heterocycles. The maximum absolute atomic E-state index is 5.64. The van der Waals surface area contributed by atoms with Gasteiger partial charge in [0.2, 0.25) is 0 Å². The van der Waals surface area contributed by atoms with Gasteiger partial charge >= 0.3 is 0 Å². The van der Waals surface area contributed by atoms with Gasteiger partial charge in [0.15, 0.2) is 0 Å². The van der Waals surface area contributed by atoms with Crippen molar-refractivity contribution in [2.24, 2.45) is 17.1 Å². The molecule has 1 aliphatic carbocycles. The van der Waals surface area contributed by atoms with Crippen LogP contribution in [-0.2, 0) is 0 Å². The van der Waals surface area contributed by atoms with Crippen LogP contribution in [0.5, 0.6) is 0 Å². The summed E-state index contributed by atoms with van der Waals surface area (Å²) in [6.45, 7) is 7.03. The van der Waals surface area contributed by atoms with E-state index >= 15 is 0 Å². The standard InChI is InChI=1S/C12H24N2/c1-11(7-13)8-14-9-12(10-14)5-3-2-4-6-12/h11H,2-10,13H2,1H3. The SMILES string of the molecule is CC(CN)CN1CC2(CCCCC2)C1. The summed E-state index contributed by atoms with van der Waals surface area (Å²) in [4.78, 5) is 2.60. The normalized spacial score (nSPS) is 28.7. The van der Waals surface area contributed by atoms with Crippen LogP contribution in [0.25, 0.3) is 0 Å². The average Bonchev–Trinajstić information content (AvgIpc) is 2.17. The van der Waals surface area contributed by atoms with E-state index in [0.29, 0.717) is 5.92 Å². The van der Waals surface area contributed by atoms with E-state index < -0.39 is 0 Å². The van der Waals surface area contributed by atoms with Crippen LogP contribution in [0.2, 0.25) is 0 Å². The molecule has 0 amide bonds. The Bertz CT molecular complexity index is 177. The summed E-state index contributed by atoms with van der Waals surface area (Å²) in [5.41, 5.74) is 6.39. The van der Waals surface area contributed by atoms with Crippen LogP contribution in [0.1, 0.15) is 39.0 Å². The molecule has 1 saturated heterocycles. The Morgan fingerprint density at radius 2 is 1.86 bits per heavy atom. The van der Waals surface area contributed by atoms with Gasteiger partial charge in [-0.25, -0.2) is 0 Å². The Hall–Kier alpha value is -0.0800. The molecule has 82 valence electrons.